The van der Waals surface area contributed by atoms with Gasteiger partial charge in [-0.15, -0.1) is 0 Å². The monoisotopic (exact) mass is 399 g/mol. The summed E-state index contributed by atoms with van der Waals surface area (Å²) in [6.45, 7) is 5.35. The van der Waals surface area contributed by atoms with Crippen LogP contribution in [0.4, 0.5) is 5.95 Å². The first kappa shape index (κ1) is 20.7. The summed E-state index contributed by atoms with van der Waals surface area (Å²) in [6.07, 6.45) is -0.920. The number of rotatable bonds is 7. The molecule has 1 atom stereocenters. The van der Waals surface area contributed by atoms with Gasteiger partial charge < -0.3 is 24.4 Å². The van der Waals surface area contributed by atoms with Crippen molar-refractivity contribution in [1.82, 2.24) is 20.1 Å². The number of ether oxygens (including phenoxy) is 1. The Kier molecular flexibility index (Phi) is 6.09. The molecule has 0 aliphatic rings. The third-order valence-electron chi connectivity index (χ3n) is 4.24. The predicted molar refractivity (Wildman–Crippen MR) is 108 cm³/mol. The van der Waals surface area contributed by atoms with E-state index in [4.69, 9.17) is 14.4 Å². The number of aliphatic hydroxyl groups is 2. The molecule has 0 saturated heterocycles. The van der Waals surface area contributed by atoms with Crippen molar-refractivity contribution in [2.24, 2.45) is 0 Å². The summed E-state index contributed by atoms with van der Waals surface area (Å²) in [7, 11) is 3.74. The Morgan fingerprint density at radius 3 is 2.38 bits per heavy atom. The fourth-order valence-electron chi connectivity index (χ4n) is 2.85. The van der Waals surface area contributed by atoms with Gasteiger partial charge in [0.2, 0.25) is 11.8 Å². The Labute approximate surface area is 169 Å². The fraction of sp³-hybridized carbons (Fsp3) is 0.400. The molecule has 0 fully saturated rings. The lowest BCUT2D eigenvalue weighted by Crippen LogP contribution is -2.21. The number of benzene rings is 1. The van der Waals surface area contributed by atoms with E-state index in [0.717, 1.165) is 22.4 Å². The summed E-state index contributed by atoms with van der Waals surface area (Å²) in [5, 5.41) is 22.5. The summed E-state index contributed by atoms with van der Waals surface area (Å²) in [6, 6.07) is 5.57. The highest BCUT2D eigenvalue weighted by Crippen LogP contribution is 2.30. The van der Waals surface area contributed by atoms with Crippen molar-refractivity contribution in [3.8, 4) is 28.7 Å². The van der Waals surface area contributed by atoms with Crippen molar-refractivity contribution in [1.29, 1.82) is 0 Å². The molecule has 0 saturated carbocycles. The molecule has 9 nitrogen and oxygen atoms in total. The largest absolute Gasteiger partial charge is 0.490 e. The Bertz CT molecular complexity index is 979. The third-order valence-corrected chi connectivity index (χ3v) is 4.24. The lowest BCUT2D eigenvalue weighted by Gasteiger charge is -2.15. The van der Waals surface area contributed by atoms with Crippen molar-refractivity contribution < 1.29 is 19.5 Å². The first-order chi connectivity index (χ1) is 13.8. The summed E-state index contributed by atoms with van der Waals surface area (Å²) in [4.78, 5) is 15.1. The van der Waals surface area contributed by atoms with Gasteiger partial charge in [0, 0.05) is 25.4 Å². The van der Waals surface area contributed by atoms with E-state index < -0.39 is 6.10 Å². The topological polar surface area (TPSA) is 118 Å². The first-order valence-electron chi connectivity index (χ1n) is 9.19. The van der Waals surface area contributed by atoms with Crippen LogP contribution in [0.15, 0.2) is 22.7 Å². The van der Waals surface area contributed by atoms with Crippen molar-refractivity contribution >= 4 is 5.95 Å². The molecule has 0 aliphatic heterocycles. The van der Waals surface area contributed by atoms with Gasteiger partial charge in [-0.2, -0.15) is 4.98 Å². The number of hydrogen-bond acceptors (Lipinski definition) is 9. The van der Waals surface area contributed by atoms with Crippen LogP contribution in [-0.2, 0) is 0 Å². The minimum Gasteiger partial charge on any atom is -0.490 e. The molecule has 2 aromatic heterocycles. The Balaban J connectivity index is 1.89. The number of nitrogens with zero attached hydrogens (tertiary/aromatic N) is 5. The van der Waals surface area contributed by atoms with Crippen molar-refractivity contribution in [3.63, 3.8) is 0 Å². The number of aliphatic hydroxyl groups excluding tert-OH is 2. The molecule has 9 heteroatoms. The minimum absolute atomic E-state index is 0.0190. The lowest BCUT2D eigenvalue weighted by atomic mass is 10.1. The molecule has 2 N–H and O–H groups in total. The van der Waals surface area contributed by atoms with Gasteiger partial charge in [0.1, 0.15) is 24.2 Å². The maximum Gasteiger partial charge on any atom is 0.277 e. The van der Waals surface area contributed by atoms with E-state index in [1.54, 1.807) is 6.07 Å². The highest BCUT2D eigenvalue weighted by molar-refractivity contribution is 5.63. The van der Waals surface area contributed by atoms with E-state index in [1.165, 1.54) is 0 Å². The maximum absolute atomic E-state index is 9.50. The Hall–Kier alpha value is -3.04. The molecule has 2 heterocycles. The van der Waals surface area contributed by atoms with Crippen LogP contribution in [0.25, 0.3) is 23.0 Å². The van der Waals surface area contributed by atoms with Crippen molar-refractivity contribution in [3.05, 3.63) is 35.0 Å². The van der Waals surface area contributed by atoms with Crippen LogP contribution in [0.2, 0.25) is 0 Å². The Morgan fingerprint density at radius 1 is 1.07 bits per heavy atom. The van der Waals surface area contributed by atoms with Gasteiger partial charge in [-0.25, -0.2) is 9.97 Å². The van der Waals surface area contributed by atoms with Crippen LogP contribution in [-0.4, -0.2) is 63.7 Å². The molecule has 154 valence electrons. The van der Waals surface area contributed by atoms with Crippen LogP contribution in [0.1, 0.15) is 16.8 Å². The quantitative estimate of drug-likeness (QED) is 0.614. The second kappa shape index (κ2) is 8.54. The summed E-state index contributed by atoms with van der Waals surface area (Å²) >= 11 is 0. The van der Waals surface area contributed by atoms with E-state index >= 15 is 0 Å². The molecule has 0 spiro atoms. The van der Waals surface area contributed by atoms with E-state index in [1.807, 2.05) is 51.9 Å². The smallest absolute Gasteiger partial charge is 0.277 e. The molecule has 1 aromatic carbocycles. The van der Waals surface area contributed by atoms with Crippen LogP contribution < -0.4 is 9.64 Å². The molecule has 1 unspecified atom stereocenters. The molecular weight excluding hydrogens is 374 g/mol. The standard InChI is InChI=1S/C20H25N5O4/c1-11-6-14(7-12(2)17(11)28-10-15(27)9-26)18-23-19(29-24-18)16-8-13(3)21-20(22-16)25(4)5/h6-8,15,26-27H,9-10H2,1-5H3. The van der Waals surface area contributed by atoms with Gasteiger partial charge in [0.15, 0.2) is 0 Å². The first-order valence-corrected chi connectivity index (χ1v) is 9.19. The molecule has 0 bridgehead atoms. The highest BCUT2D eigenvalue weighted by Gasteiger charge is 2.17. The van der Waals surface area contributed by atoms with Crippen LogP contribution >= 0.6 is 0 Å². The number of aromatic nitrogens is 4. The zero-order chi connectivity index (χ0) is 21.1. The molecular formula is C20H25N5O4. The van der Waals surface area contributed by atoms with Gasteiger partial charge in [-0.3, -0.25) is 0 Å². The maximum atomic E-state index is 9.50. The fourth-order valence-corrected chi connectivity index (χ4v) is 2.85. The SMILES string of the molecule is Cc1cc(-c2nc(-c3cc(C)c(OCC(O)CO)c(C)c3)no2)nc(N(C)C)n1. The average Bonchev–Trinajstić information content (AvgIpc) is 3.16. The van der Waals surface area contributed by atoms with E-state index in [-0.39, 0.29) is 13.2 Å². The minimum atomic E-state index is -0.920. The number of aryl methyl sites for hydroxylation is 3. The van der Waals surface area contributed by atoms with Crippen LogP contribution in [0.3, 0.4) is 0 Å². The highest BCUT2D eigenvalue weighted by atomic mass is 16.5. The molecule has 3 rings (SSSR count). The van der Waals surface area contributed by atoms with E-state index in [9.17, 15) is 5.11 Å². The zero-order valence-corrected chi connectivity index (χ0v) is 17.2. The molecule has 3 aromatic rings. The second-order valence-electron chi connectivity index (χ2n) is 7.10. The number of anilines is 1. The molecule has 0 radical (unpaired) electrons. The van der Waals surface area contributed by atoms with Crippen LogP contribution in [0.5, 0.6) is 5.75 Å². The second-order valence-corrected chi connectivity index (χ2v) is 7.10. The molecule has 0 aliphatic carbocycles. The van der Waals surface area contributed by atoms with Gasteiger partial charge in [-0.05, 0) is 50.1 Å². The summed E-state index contributed by atoms with van der Waals surface area (Å²) in [5.41, 5.74) is 3.88. The average molecular weight is 399 g/mol. The van der Waals surface area contributed by atoms with E-state index in [0.29, 0.717) is 29.1 Å². The Morgan fingerprint density at radius 2 is 1.76 bits per heavy atom. The van der Waals surface area contributed by atoms with Crippen molar-refractivity contribution in [2.75, 3.05) is 32.2 Å². The summed E-state index contributed by atoms with van der Waals surface area (Å²) < 4.78 is 11.1. The molecule has 29 heavy (non-hydrogen) atoms. The third kappa shape index (κ3) is 4.69. The van der Waals surface area contributed by atoms with Crippen LogP contribution in [0, 0.1) is 20.8 Å². The van der Waals surface area contributed by atoms with Gasteiger partial charge in [-0.1, -0.05) is 5.16 Å². The predicted octanol–water partition coefficient (Wildman–Crippen LogP) is 1.92. The normalized spacial score (nSPS) is 12.1. The molecule has 0 amide bonds. The van der Waals surface area contributed by atoms with Gasteiger partial charge >= 0.3 is 0 Å². The van der Waals surface area contributed by atoms with E-state index in [2.05, 4.69) is 20.1 Å². The zero-order valence-electron chi connectivity index (χ0n) is 17.2. The number of hydrogen-bond donors (Lipinski definition) is 2. The summed E-state index contributed by atoms with van der Waals surface area (Å²) in [5.74, 6) is 1.98. The van der Waals surface area contributed by atoms with Crippen molar-refractivity contribution in [2.45, 2.75) is 26.9 Å². The lowest BCUT2D eigenvalue weighted by molar-refractivity contribution is 0.0532. The van der Waals surface area contributed by atoms with Gasteiger partial charge in [0.25, 0.3) is 5.89 Å². The van der Waals surface area contributed by atoms with Gasteiger partial charge in [0.05, 0.1) is 6.61 Å².